The van der Waals surface area contributed by atoms with Crippen molar-refractivity contribution in [1.82, 2.24) is 5.32 Å². The van der Waals surface area contributed by atoms with E-state index in [0.717, 1.165) is 6.07 Å². The van der Waals surface area contributed by atoms with Gasteiger partial charge < -0.3 is 10.4 Å². The Morgan fingerprint density at radius 3 is 2.50 bits per heavy atom. The van der Waals surface area contributed by atoms with Crippen LogP contribution in [0.3, 0.4) is 0 Å². The van der Waals surface area contributed by atoms with Crippen LogP contribution < -0.4 is 5.32 Å². The van der Waals surface area contributed by atoms with Crippen LogP contribution in [0.2, 0.25) is 0 Å². The first-order chi connectivity index (χ1) is 9.21. The Hall–Kier alpha value is -2.44. The lowest BCUT2D eigenvalue weighted by Gasteiger charge is -2.24. The molecule has 0 saturated carbocycles. The van der Waals surface area contributed by atoms with Gasteiger partial charge in [0.05, 0.1) is 4.92 Å². The molecule has 0 fully saturated rings. The van der Waals surface area contributed by atoms with Gasteiger partial charge in [-0.3, -0.25) is 14.9 Å². The lowest BCUT2D eigenvalue weighted by molar-refractivity contribution is -0.384. The molecule has 20 heavy (non-hydrogen) atoms. The number of rotatable bonds is 5. The van der Waals surface area contributed by atoms with E-state index in [2.05, 4.69) is 5.32 Å². The fraction of sp³-hybridized carbons (Fsp3) is 0.385. The number of benzene rings is 1. The molecule has 0 spiro atoms. The van der Waals surface area contributed by atoms with Gasteiger partial charge in [-0.25, -0.2) is 4.79 Å². The minimum absolute atomic E-state index is 0.0973. The highest BCUT2D eigenvalue weighted by Crippen LogP contribution is 2.19. The molecule has 0 radical (unpaired) electrons. The van der Waals surface area contributed by atoms with Crippen molar-refractivity contribution in [2.75, 3.05) is 0 Å². The van der Waals surface area contributed by atoms with Crippen molar-refractivity contribution in [2.24, 2.45) is 0 Å². The maximum atomic E-state index is 12.1. The Morgan fingerprint density at radius 1 is 1.45 bits per heavy atom. The second kappa shape index (κ2) is 5.68. The quantitative estimate of drug-likeness (QED) is 0.632. The van der Waals surface area contributed by atoms with Crippen molar-refractivity contribution < 1.29 is 19.6 Å². The van der Waals surface area contributed by atoms with Crippen molar-refractivity contribution >= 4 is 17.6 Å². The van der Waals surface area contributed by atoms with Crippen molar-refractivity contribution in [3.8, 4) is 0 Å². The largest absolute Gasteiger partial charge is 0.480 e. The number of hydrogen-bond acceptors (Lipinski definition) is 4. The van der Waals surface area contributed by atoms with E-state index in [1.807, 2.05) is 0 Å². The number of carbonyl (C=O) groups is 2. The normalized spacial score (nSPS) is 13.3. The molecule has 0 aliphatic carbocycles. The number of non-ortho nitro benzene ring substituents is 1. The zero-order chi connectivity index (χ0) is 15.5. The standard InChI is InChI=1S/C13H16N2O5/c1-4-13(3,12(17)18)14-11(16)10-7-9(15(19)20)6-5-8(10)2/h5-7H,4H2,1-3H3,(H,14,16)(H,17,18). The summed E-state index contributed by atoms with van der Waals surface area (Å²) in [4.78, 5) is 33.4. The van der Waals surface area contributed by atoms with Gasteiger partial charge in [-0.05, 0) is 25.8 Å². The molecule has 2 N–H and O–H groups in total. The van der Waals surface area contributed by atoms with E-state index in [4.69, 9.17) is 5.11 Å². The van der Waals surface area contributed by atoms with Gasteiger partial charge in [0.15, 0.2) is 0 Å². The fourth-order valence-electron chi connectivity index (χ4n) is 1.58. The summed E-state index contributed by atoms with van der Waals surface area (Å²) < 4.78 is 0. The van der Waals surface area contributed by atoms with E-state index in [1.54, 1.807) is 13.8 Å². The van der Waals surface area contributed by atoms with Crippen LogP contribution in [0, 0.1) is 17.0 Å². The van der Waals surface area contributed by atoms with E-state index in [9.17, 15) is 19.7 Å². The van der Waals surface area contributed by atoms with Gasteiger partial charge in [0.25, 0.3) is 11.6 Å². The lowest BCUT2D eigenvalue weighted by Crippen LogP contribution is -2.51. The van der Waals surface area contributed by atoms with Gasteiger partial charge in [0.2, 0.25) is 0 Å². The fourth-order valence-corrected chi connectivity index (χ4v) is 1.58. The molecule has 0 bridgehead atoms. The zero-order valence-corrected chi connectivity index (χ0v) is 11.5. The van der Waals surface area contributed by atoms with Gasteiger partial charge in [-0.1, -0.05) is 13.0 Å². The first-order valence-electron chi connectivity index (χ1n) is 6.02. The van der Waals surface area contributed by atoms with Crippen LogP contribution in [-0.4, -0.2) is 27.4 Å². The minimum Gasteiger partial charge on any atom is -0.480 e. The van der Waals surface area contributed by atoms with Crippen molar-refractivity contribution in [3.63, 3.8) is 0 Å². The van der Waals surface area contributed by atoms with Crippen molar-refractivity contribution in [1.29, 1.82) is 0 Å². The first-order valence-corrected chi connectivity index (χ1v) is 6.02. The molecule has 0 aliphatic heterocycles. The number of aliphatic carboxylic acids is 1. The molecule has 7 heteroatoms. The highest BCUT2D eigenvalue weighted by molar-refractivity contribution is 5.99. The Balaban J connectivity index is 3.12. The number of carboxylic acid groups (broad SMARTS) is 1. The van der Waals surface area contributed by atoms with Crippen LogP contribution in [-0.2, 0) is 4.79 Å². The van der Waals surface area contributed by atoms with Crippen LogP contribution in [0.1, 0.15) is 36.2 Å². The number of amides is 1. The van der Waals surface area contributed by atoms with E-state index in [1.165, 1.54) is 19.1 Å². The molecule has 7 nitrogen and oxygen atoms in total. The molecule has 1 amide bonds. The number of nitro groups is 1. The van der Waals surface area contributed by atoms with Gasteiger partial charge in [-0.15, -0.1) is 0 Å². The molecular weight excluding hydrogens is 264 g/mol. The highest BCUT2D eigenvalue weighted by atomic mass is 16.6. The molecule has 0 aromatic heterocycles. The lowest BCUT2D eigenvalue weighted by atomic mass is 9.97. The third-order valence-electron chi connectivity index (χ3n) is 3.25. The van der Waals surface area contributed by atoms with E-state index in [-0.39, 0.29) is 17.7 Å². The monoisotopic (exact) mass is 280 g/mol. The summed E-state index contributed by atoms with van der Waals surface area (Å²) in [6.07, 6.45) is 0.196. The van der Waals surface area contributed by atoms with Crippen LogP contribution in [0.25, 0.3) is 0 Å². The van der Waals surface area contributed by atoms with Crippen LogP contribution in [0.15, 0.2) is 18.2 Å². The molecule has 0 heterocycles. The second-order valence-corrected chi connectivity index (χ2v) is 4.70. The number of nitro benzene ring substituents is 1. The molecule has 1 atom stereocenters. The van der Waals surface area contributed by atoms with E-state index < -0.39 is 22.3 Å². The van der Waals surface area contributed by atoms with Gasteiger partial charge in [-0.2, -0.15) is 0 Å². The smallest absolute Gasteiger partial charge is 0.329 e. The molecule has 108 valence electrons. The number of carboxylic acids is 1. The Morgan fingerprint density at radius 2 is 2.05 bits per heavy atom. The molecule has 0 saturated heterocycles. The zero-order valence-electron chi connectivity index (χ0n) is 11.5. The van der Waals surface area contributed by atoms with E-state index in [0.29, 0.717) is 5.56 Å². The maximum absolute atomic E-state index is 12.1. The SMILES string of the molecule is CCC(C)(NC(=O)c1cc([N+](=O)[O-])ccc1C)C(=O)O. The molecular formula is C13H16N2O5. The average Bonchev–Trinajstić information content (AvgIpc) is 2.38. The number of hydrogen-bond donors (Lipinski definition) is 2. The number of nitrogens with one attached hydrogen (secondary N) is 1. The van der Waals surface area contributed by atoms with Gasteiger partial charge in [0, 0.05) is 17.7 Å². The summed E-state index contributed by atoms with van der Waals surface area (Å²) in [7, 11) is 0. The van der Waals surface area contributed by atoms with E-state index >= 15 is 0 Å². The van der Waals surface area contributed by atoms with Crippen molar-refractivity contribution in [3.05, 3.63) is 39.4 Å². The third-order valence-corrected chi connectivity index (χ3v) is 3.25. The molecule has 0 aliphatic rings. The average molecular weight is 280 g/mol. The Labute approximate surface area is 115 Å². The summed E-state index contributed by atoms with van der Waals surface area (Å²) in [5.74, 6) is -1.80. The summed E-state index contributed by atoms with van der Waals surface area (Å²) in [5.41, 5.74) is -0.986. The molecule has 1 rings (SSSR count). The Kier molecular flexibility index (Phi) is 4.44. The van der Waals surface area contributed by atoms with Crippen molar-refractivity contribution in [2.45, 2.75) is 32.7 Å². The summed E-state index contributed by atoms with van der Waals surface area (Å²) in [5, 5.41) is 22.2. The highest BCUT2D eigenvalue weighted by Gasteiger charge is 2.33. The predicted molar refractivity (Wildman–Crippen MR) is 71.6 cm³/mol. The van der Waals surface area contributed by atoms with Gasteiger partial charge >= 0.3 is 5.97 Å². The summed E-state index contributed by atoms with van der Waals surface area (Å²) in [6, 6.07) is 3.89. The number of nitrogens with zero attached hydrogens (tertiary/aromatic N) is 1. The Bertz CT molecular complexity index is 570. The van der Waals surface area contributed by atoms with Crippen LogP contribution in [0.5, 0.6) is 0 Å². The first kappa shape index (κ1) is 15.6. The number of carbonyl (C=O) groups excluding carboxylic acids is 1. The molecule has 1 unspecified atom stereocenters. The topological polar surface area (TPSA) is 110 Å². The number of aryl methyl sites for hydroxylation is 1. The predicted octanol–water partition coefficient (Wildman–Crippen LogP) is 1.89. The minimum atomic E-state index is -1.41. The maximum Gasteiger partial charge on any atom is 0.329 e. The van der Waals surface area contributed by atoms with Crippen LogP contribution >= 0.6 is 0 Å². The molecule has 1 aromatic carbocycles. The summed E-state index contributed by atoms with van der Waals surface area (Å²) >= 11 is 0. The molecule has 1 aromatic rings. The summed E-state index contributed by atoms with van der Waals surface area (Å²) in [6.45, 7) is 4.65. The third kappa shape index (κ3) is 3.11. The van der Waals surface area contributed by atoms with Gasteiger partial charge in [0.1, 0.15) is 5.54 Å². The van der Waals surface area contributed by atoms with Crippen LogP contribution in [0.4, 0.5) is 5.69 Å². The second-order valence-electron chi connectivity index (χ2n) is 4.70.